The Balaban J connectivity index is 0.997. The first-order valence-electron chi connectivity index (χ1n) is 38.4. The normalized spacial score (nSPS) is 11.9. The first-order valence-corrected chi connectivity index (χ1v) is 38.4. The third-order valence-electron chi connectivity index (χ3n) is 22.9. The van der Waals surface area contributed by atoms with E-state index in [1.807, 2.05) is 0 Å². The highest BCUT2D eigenvalue weighted by molar-refractivity contribution is 6.20. The van der Waals surface area contributed by atoms with Crippen molar-refractivity contribution in [3.8, 4) is 107 Å². The van der Waals surface area contributed by atoms with Gasteiger partial charge >= 0.3 is 0 Å². The van der Waals surface area contributed by atoms with Crippen LogP contribution in [0.2, 0.25) is 0 Å². The summed E-state index contributed by atoms with van der Waals surface area (Å²) in [5.74, 6) is 1.15. The van der Waals surface area contributed by atoms with E-state index < -0.39 is 0 Å². The van der Waals surface area contributed by atoms with Crippen LogP contribution in [0.3, 0.4) is 0 Å². The maximum atomic E-state index is 6.18. The molecule has 0 saturated heterocycles. The second-order valence-corrected chi connectivity index (χ2v) is 29.1. The van der Waals surface area contributed by atoms with Crippen LogP contribution in [0.4, 0.5) is 0 Å². The molecule has 526 valence electrons. The molecule has 0 unspecified atom stereocenters. The second kappa shape index (κ2) is 25.7. The molecule has 0 spiro atoms. The van der Waals surface area contributed by atoms with Crippen molar-refractivity contribution in [3.05, 3.63) is 394 Å². The van der Waals surface area contributed by atoms with Crippen LogP contribution in [0.1, 0.15) is 0 Å². The Morgan fingerprint density at radius 1 is 0.150 bits per heavy atom. The van der Waals surface area contributed by atoms with Crippen molar-refractivity contribution >= 4 is 109 Å². The lowest BCUT2D eigenvalue weighted by Gasteiger charge is -2.31. The van der Waals surface area contributed by atoms with Crippen molar-refractivity contribution in [2.75, 3.05) is 0 Å². The van der Waals surface area contributed by atoms with Gasteiger partial charge in [0.2, 0.25) is 0 Å². The van der Waals surface area contributed by atoms with Crippen LogP contribution in [-0.2, 0) is 0 Å². The monoisotopic (exact) mass is 1440 g/mol. The Morgan fingerprint density at radius 3 is 0.726 bits per heavy atom. The van der Waals surface area contributed by atoms with E-state index in [0.29, 0.717) is 23.0 Å². The maximum Gasteiger partial charge on any atom is 0.160 e. The number of rotatable bonds is 12. The molecule has 0 aliphatic heterocycles. The summed E-state index contributed by atoms with van der Waals surface area (Å²) in [6.07, 6.45) is 0. The van der Waals surface area contributed by atoms with E-state index in [-0.39, 0.29) is 0 Å². The van der Waals surface area contributed by atoms with Crippen molar-refractivity contribution in [1.29, 1.82) is 0 Å². The van der Waals surface area contributed by atoms with E-state index in [1.165, 1.54) is 10.8 Å². The van der Waals surface area contributed by atoms with Crippen LogP contribution in [0.5, 0.6) is 0 Å². The SMILES string of the molecule is c1ccc(-c2cc(-c3c(-n4c5ccccc5c5ccccc54)c(-c4cc(-c5ccccc5)nc(-c5ccccc5)n4)c(-n4c5ccccc5c5ccccc54)c(-n4c5ccccc5c5cc(-c6ccc7c(c6)c6ccccc6n7-c6ccccc6)ccc54)c3-n3c4ccccc4c4ccccc43)nc(-c3ccccc3)n2)cc1. The quantitative estimate of drug-likeness (QED) is 0.122. The zero-order chi connectivity index (χ0) is 74.2. The van der Waals surface area contributed by atoms with Gasteiger partial charge in [-0.25, -0.2) is 19.9 Å². The summed E-state index contributed by atoms with van der Waals surface area (Å²) in [5.41, 5.74) is 25.4. The molecule has 16 aromatic carbocycles. The van der Waals surface area contributed by atoms with E-state index >= 15 is 0 Å². The number of nitrogens with zero attached hydrogens (tertiary/aromatic N) is 9. The molecule has 23 rings (SSSR count). The summed E-state index contributed by atoms with van der Waals surface area (Å²) in [7, 11) is 0. The van der Waals surface area contributed by atoms with Crippen LogP contribution >= 0.6 is 0 Å². The van der Waals surface area contributed by atoms with Gasteiger partial charge in [-0.15, -0.1) is 0 Å². The highest BCUT2D eigenvalue weighted by atomic mass is 15.1. The van der Waals surface area contributed by atoms with Gasteiger partial charge in [0.1, 0.15) is 0 Å². The van der Waals surface area contributed by atoms with Crippen molar-refractivity contribution in [1.82, 2.24) is 42.8 Å². The Hall–Kier alpha value is -15.3. The molecule has 0 aliphatic carbocycles. The van der Waals surface area contributed by atoms with Gasteiger partial charge < -0.3 is 22.8 Å². The van der Waals surface area contributed by atoms with Crippen LogP contribution in [-0.4, -0.2) is 42.8 Å². The number of hydrogen-bond donors (Lipinski definition) is 0. The maximum absolute atomic E-state index is 6.18. The molecule has 0 fully saturated rings. The molecule has 0 bridgehead atoms. The number of aromatic nitrogens is 9. The molecule has 0 saturated carbocycles. The van der Waals surface area contributed by atoms with Crippen molar-refractivity contribution in [2.24, 2.45) is 0 Å². The minimum absolute atomic E-state index is 0.574. The van der Waals surface area contributed by atoms with Gasteiger partial charge in [-0.1, -0.05) is 297 Å². The number of para-hydroxylation sites is 9. The summed E-state index contributed by atoms with van der Waals surface area (Å²) in [4.78, 5) is 23.7. The Morgan fingerprint density at radius 2 is 0.389 bits per heavy atom. The fraction of sp³-hybridized carbons (Fsp3) is 0. The van der Waals surface area contributed by atoms with Gasteiger partial charge in [0.25, 0.3) is 0 Å². The van der Waals surface area contributed by atoms with Gasteiger partial charge in [-0.3, -0.25) is 0 Å². The summed E-state index contributed by atoms with van der Waals surface area (Å²) < 4.78 is 12.7. The van der Waals surface area contributed by atoms with Gasteiger partial charge in [0.05, 0.1) is 112 Å². The van der Waals surface area contributed by atoms with Crippen LogP contribution in [0.15, 0.2) is 394 Å². The highest BCUT2D eigenvalue weighted by Gasteiger charge is 2.38. The van der Waals surface area contributed by atoms with E-state index in [4.69, 9.17) is 19.9 Å². The Kier molecular flexibility index (Phi) is 14.5. The average molecular weight is 1440 g/mol. The van der Waals surface area contributed by atoms with Gasteiger partial charge in [0.15, 0.2) is 11.6 Å². The van der Waals surface area contributed by atoms with Crippen molar-refractivity contribution in [2.45, 2.75) is 0 Å². The van der Waals surface area contributed by atoms with E-state index in [1.54, 1.807) is 0 Å². The Labute approximate surface area is 649 Å². The first-order chi connectivity index (χ1) is 56.1. The fourth-order valence-electron chi connectivity index (χ4n) is 18.0. The lowest BCUT2D eigenvalue weighted by molar-refractivity contribution is 1.03. The Bertz CT molecular complexity index is 7240. The van der Waals surface area contributed by atoms with Crippen LogP contribution in [0, 0.1) is 0 Å². The number of fused-ring (bicyclic) bond motifs is 15. The van der Waals surface area contributed by atoms with Crippen molar-refractivity contribution in [3.63, 3.8) is 0 Å². The molecular formula is C104H65N9. The predicted molar refractivity (Wildman–Crippen MR) is 467 cm³/mol. The molecule has 0 amide bonds. The summed E-state index contributed by atoms with van der Waals surface area (Å²) in [6.45, 7) is 0. The van der Waals surface area contributed by atoms with E-state index in [2.05, 4.69) is 417 Å². The lowest BCUT2D eigenvalue weighted by atomic mass is 9.92. The lowest BCUT2D eigenvalue weighted by Crippen LogP contribution is -2.17. The molecule has 9 nitrogen and oxygen atoms in total. The molecule has 7 heterocycles. The van der Waals surface area contributed by atoms with E-state index in [0.717, 1.165) is 183 Å². The largest absolute Gasteiger partial charge is 0.309 e. The zero-order valence-corrected chi connectivity index (χ0v) is 61.1. The second-order valence-electron chi connectivity index (χ2n) is 29.1. The molecule has 0 N–H and O–H groups in total. The summed E-state index contributed by atoms with van der Waals surface area (Å²) in [6, 6.07) is 143. The molecule has 113 heavy (non-hydrogen) atoms. The zero-order valence-electron chi connectivity index (χ0n) is 61.1. The molecule has 0 radical (unpaired) electrons. The predicted octanol–water partition coefficient (Wildman–Crippen LogP) is 26.4. The van der Waals surface area contributed by atoms with Gasteiger partial charge in [0, 0.05) is 81.8 Å². The summed E-state index contributed by atoms with van der Waals surface area (Å²) in [5, 5.41) is 11.1. The number of hydrogen-bond acceptors (Lipinski definition) is 4. The van der Waals surface area contributed by atoms with Gasteiger partial charge in [-0.2, -0.15) is 0 Å². The first kappa shape index (κ1) is 63.7. The van der Waals surface area contributed by atoms with Crippen molar-refractivity contribution < 1.29 is 0 Å². The van der Waals surface area contributed by atoms with Gasteiger partial charge in [-0.05, 0) is 108 Å². The molecule has 7 aromatic heterocycles. The molecule has 0 atom stereocenters. The molecule has 0 aliphatic rings. The fourth-order valence-corrected chi connectivity index (χ4v) is 18.0. The smallest absolute Gasteiger partial charge is 0.160 e. The molecular weight excluding hydrogens is 1380 g/mol. The molecule has 23 aromatic rings. The number of benzene rings is 16. The average Bonchev–Trinajstić information content (AvgIpc) is 1.59. The third-order valence-corrected chi connectivity index (χ3v) is 22.9. The minimum Gasteiger partial charge on any atom is -0.309 e. The van der Waals surface area contributed by atoms with Crippen LogP contribution < -0.4 is 0 Å². The minimum atomic E-state index is 0.574. The standard InChI is InChI=1S/C104H65N9/c1-6-32-66(33-7-1)83-64-85(107-103(105-83)68-36-10-3-11-37-68)97-99(110-88-51-25-16-42-73(88)74-43-17-26-52-89(74)110)98(86-65-84(67-34-8-2-9-35-67)106-104(108-86)69-38-12-4-13-39-69)101(112-92-55-29-20-46-77(92)78-47-21-30-56-93(78)112)102(100(97)111-90-53-27-18-44-75(90)76-45-19-28-54-91(76)111)113-94-57-31-23-49-80(94)82-63-71(59-61-96(82)113)70-58-60-95-81(62-70)79-48-22-24-50-87(79)109(95)72-40-14-5-15-41-72/h1-65H. The molecule has 9 heteroatoms. The highest BCUT2D eigenvalue weighted by Crippen LogP contribution is 2.55. The third kappa shape index (κ3) is 9.98. The topological polar surface area (TPSA) is 76.2 Å². The summed E-state index contributed by atoms with van der Waals surface area (Å²) >= 11 is 0. The van der Waals surface area contributed by atoms with Crippen LogP contribution in [0.25, 0.3) is 216 Å². The van der Waals surface area contributed by atoms with E-state index in [9.17, 15) is 0 Å².